The summed E-state index contributed by atoms with van der Waals surface area (Å²) in [6.45, 7) is 9.81. The van der Waals surface area contributed by atoms with Gasteiger partial charge in [-0.2, -0.15) is 0 Å². The topological polar surface area (TPSA) is 23.5 Å². The van der Waals surface area contributed by atoms with Gasteiger partial charge in [0.05, 0.1) is 10.6 Å². The average Bonchev–Trinajstić information content (AvgIpc) is 2.11. The van der Waals surface area contributed by atoms with Gasteiger partial charge in [-0.3, -0.25) is 4.90 Å². The molecule has 0 rings (SSSR count). The lowest BCUT2D eigenvalue weighted by Crippen LogP contribution is -2.27. The zero-order valence-electron chi connectivity index (χ0n) is 9.27. The Morgan fingerprint density at radius 1 is 1.21 bits per heavy atom. The molecule has 2 nitrogen and oxygen atoms in total. The minimum atomic E-state index is -1.05. The maximum Gasteiger partial charge on any atom is 0.0957 e. The first kappa shape index (κ1) is 14.2. The number of aliphatic hydroxyl groups is 1. The maximum atomic E-state index is 9.62. The van der Waals surface area contributed by atoms with Crippen molar-refractivity contribution in [2.45, 2.75) is 33.3 Å². The zero-order valence-corrected chi connectivity index (χ0v) is 10.8. The number of hydrogen-bond acceptors (Lipinski definition) is 2. The summed E-state index contributed by atoms with van der Waals surface area (Å²) >= 11 is 12.0. The van der Waals surface area contributed by atoms with Crippen molar-refractivity contribution in [2.24, 2.45) is 0 Å². The van der Waals surface area contributed by atoms with Crippen molar-refractivity contribution in [3.8, 4) is 0 Å². The molecule has 0 radical (unpaired) electrons. The van der Waals surface area contributed by atoms with Crippen LogP contribution >= 0.6 is 23.2 Å². The number of nitrogens with zero attached hydrogens (tertiary/aromatic N) is 1. The molecule has 0 spiro atoms. The lowest BCUT2D eigenvalue weighted by atomic mass is 10.1. The van der Waals surface area contributed by atoms with Gasteiger partial charge in [-0.1, -0.05) is 37.0 Å². The number of hydrogen-bond donors (Lipinski definition) is 1. The standard InChI is InChI=1S/C10H19Cl2NO/c1-5-13(6-2)7-8(11)9(12)10(3,4)14/h14H,5-7H2,1-4H3/b9-8+. The Morgan fingerprint density at radius 3 is 1.93 bits per heavy atom. The van der Waals surface area contributed by atoms with Crippen molar-refractivity contribution < 1.29 is 5.11 Å². The lowest BCUT2D eigenvalue weighted by molar-refractivity contribution is 0.127. The molecule has 0 heterocycles. The third-order valence-electron chi connectivity index (χ3n) is 2.03. The Morgan fingerprint density at radius 2 is 1.64 bits per heavy atom. The molecule has 0 fully saturated rings. The SMILES string of the molecule is CCN(CC)C/C(Cl)=C(\Cl)C(C)(C)O. The highest BCUT2D eigenvalue weighted by molar-refractivity contribution is 6.39. The van der Waals surface area contributed by atoms with E-state index in [2.05, 4.69) is 18.7 Å². The van der Waals surface area contributed by atoms with Gasteiger partial charge in [0.1, 0.15) is 0 Å². The smallest absolute Gasteiger partial charge is 0.0957 e. The molecule has 84 valence electrons. The second-order valence-electron chi connectivity index (χ2n) is 3.74. The molecule has 1 N–H and O–H groups in total. The van der Waals surface area contributed by atoms with Gasteiger partial charge in [-0.05, 0) is 26.9 Å². The van der Waals surface area contributed by atoms with Gasteiger partial charge < -0.3 is 5.11 Å². The predicted molar refractivity (Wildman–Crippen MR) is 62.8 cm³/mol. The van der Waals surface area contributed by atoms with Crippen molar-refractivity contribution in [2.75, 3.05) is 19.6 Å². The van der Waals surface area contributed by atoms with E-state index in [1.54, 1.807) is 13.8 Å². The van der Waals surface area contributed by atoms with Crippen molar-refractivity contribution in [1.82, 2.24) is 4.90 Å². The van der Waals surface area contributed by atoms with E-state index < -0.39 is 5.60 Å². The summed E-state index contributed by atoms with van der Waals surface area (Å²) in [6, 6.07) is 0. The van der Waals surface area contributed by atoms with Crippen molar-refractivity contribution in [3.05, 3.63) is 10.1 Å². The van der Waals surface area contributed by atoms with Crippen LogP contribution in [-0.4, -0.2) is 35.2 Å². The van der Waals surface area contributed by atoms with Crippen molar-refractivity contribution >= 4 is 23.2 Å². The molecule has 0 bridgehead atoms. The first-order valence-corrected chi connectivity index (χ1v) is 5.57. The van der Waals surface area contributed by atoms with E-state index in [0.717, 1.165) is 13.1 Å². The first-order chi connectivity index (χ1) is 6.32. The average molecular weight is 240 g/mol. The summed E-state index contributed by atoms with van der Waals surface area (Å²) in [5.41, 5.74) is -1.05. The fraction of sp³-hybridized carbons (Fsp3) is 0.800. The summed E-state index contributed by atoms with van der Waals surface area (Å²) in [4.78, 5) is 2.14. The summed E-state index contributed by atoms with van der Waals surface area (Å²) in [5, 5.41) is 10.5. The van der Waals surface area contributed by atoms with Crippen LogP contribution < -0.4 is 0 Å². The van der Waals surface area contributed by atoms with E-state index in [0.29, 0.717) is 16.6 Å². The van der Waals surface area contributed by atoms with Crippen molar-refractivity contribution in [1.29, 1.82) is 0 Å². The maximum absolute atomic E-state index is 9.62. The van der Waals surface area contributed by atoms with Gasteiger partial charge in [0, 0.05) is 11.6 Å². The van der Waals surface area contributed by atoms with E-state index in [4.69, 9.17) is 23.2 Å². The third kappa shape index (κ3) is 4.65. The van der Waals surface area contributed by atoms with Gasteiger partial charge >= 0.3 is 0 Å². The number of likely N-dealkylation sites (N-methyl/N-ethyl adjacent to an activating group) is 1. The first-order valence-electron chi connectivity index (χ1n) is 4.82. The molecule has 0 aliphatic carbocycles. The highest BCUT2D eigenvalue weighted by atomic mass is 35.5. The molecule has 0 unspecified atom stereocenters. The van der Waals surface area contributed by atoms with Gasteiger partial charge in [0.25, 0.3) is 0 Å². The molecule has 0 aliphatic rings. The van der Waals surface area contributed by atoms with E-state index >= 15 is 0 Å². The van der Waals surface area contributed by atoms with Crippen LogP contribution in [0.4, 0.5) is 0 Å². The molecule has 14 heavy (non-hydrogen) atoms. The fourth-order valence-electron chi connectivity index (χ4n) is 1.04. The fourth-order valence-corrected chi connectivity index (χ4v) is 1.50. The molecular formula is C10H19Cl2NO. The Labute approximate surface area is 96.5 Å². The van der Waals surface area contributed by atoms with Gasteiger partial charge in [-0.25, -0.2) is 0 Å². The van der Waals surface area contributed by atoms with E-state index in [1.165, 1.54) is 0 Å². The molecule has 0 aromatic heterocycles. The van der Waals surface area contributed by atoms with Gasteiger partial charge in [-0.15, -0.1) is 0 Å². The van der Waals surface area contributed by atoms with Crippen LogP contribution in [0.1, 0.15) is 27.7 Å². The second kappa shape index (κ2) is 5.96. The van der Waals surface area contributed by atoms with Crippen LogP contribution in [0.5, 0.6) is 0 Å². The summed E-state index contributed by atoms with van der Waals surface area (Å²) in [7, 11) is 0. The van der Waals surface area contributed by atoms with Crippen LogP contribution in [0.25, 0.3) is 0 Å². The van der Waals surface area contributed by atoms with Gasteiger partial charge in [0.2, 0.25) is 0 Å². The number of halogens is 2. The van der Waals surface area contributed by atoms with Crippen LogP contribution in [0, 0.1) is 0 Å². The molecular weight excluding hydrogens is 221 g/mol. The van der Waals surface area contributed by atoms with Crippen LogP contribution in [0.3, 0.4) is 0 Å². The van der Waals surface area contributed by atoms with E-state index in [9.17, 15) is 5.11 Å². The summed E-state index contributed by atoms with van der Waals surface area (Å²) in [5.74, 6) is 0. The molecule has 0 aromatic rings. The van der Waals surface area contributed by atoms with Gasteiger partial charge in [0.15, 0.2) is 0 Å². The normalized spacial score (nSPS) is 14.6. The summed E-state index contributed by atoms with van der Waals surface area (Å²) in [6.07, 6.45) is 0. The predicted octanol–water partition coefficient (Wildman–Crippen LogP) is 2.79. The monoisotopic (exact) mass is 239 g/mol. The van der Waals surface area contributed by atoms with Crippen LogP contribution in [-0.2, 0) is 0 Å². The molecule has 0 atom stereocenters. The quantitative estimate of drug-likeness (QED) is 0.798. The van der Waals surface area contributed by atoms with E-state index in [-0.39, 0.29) is 0 Å². The third-order valence-corrected chi connectivity index (χ3v) is 3.13. The Balaban J connectivity index is 4.51. The Bertz CT molecular complexity index is 205. The zero-order chi connectivity index (χ0) is 11.4. The minimum Gasteiger partial charge on any atom is -0.385 e. The second-order valence-corrected chi connectivity index (χ2v) is 4.57. The van der Waals surface area contributed by atoms with Crippen LogP contribution in [0.15, 0.2) is 10.1 Å². The highest BCUT2D eigenvalue weighted by Gasteiger charge is 2.21. The molecule has 0 aliphatic heterocycles. The molecule has 0 amide bonds. The molecule has 0 aromatic carbocycles. The van der Waals surface area contributed by atoms with E-state index in [1.807, 2.05) is 0 Å². The molecule has 0 saturated heterocycles. The molecule has 0 saturated carbocycles. The largest absolute Gasteiger partial charge is 0.385 e. The summed E-state index contributed by atoms with van der Waals surface area (Å²) < 4.78 is 0. The van der Waals surface area contributed by atoms with Crippen molar-refractivity contribution in [3.63, 3.8) is 0 Å². The minimum absolute atomic E-state index is 0.325. The number of rotatable bonds is 5. The van der Waals surface area contributed by atoms with Crippen LogP contribution in [0.2, 0.25) is 0 Å². The highest BCUT2D eigenvalue weighted by Crippen LogP contribution is 2.26. The Kier molecular flexibility index (Phi) is 6.06. The lowest BCUT2D eigenvalue weighted by Gasteiger charge is -2.22. The molecule has 4 heteroatoms. The Hall–Kier alpha value is 0.240.